The number of aromatic nitrogens is 1. The Kier molecular flexibility index (Phi) is 7.61. The van der Waals surface area contributed by atoms with Gasteiger partial charge in [-0.25, -0.2) is 13.2 Å². The van der Waals surface area contributed by atoms with Gasteiger partial charge in [-0.05, 0) is 79.6 Å². The molecule has 2 heterocycles. The van der Waals surface area contributed by atoms with Crippen LogP contribution in [0.4, 0.5) is 13.2 Å². The lowest BCUT2D eigenvalue weighted by molar-refractivity contribution is -0.156. The number of aliphatic hydroxyl groups is 1. The van der Waals surface area contributed by atoms with Crippen LogP contribution in [0.2, 0.25) is 0 Å². The molecule has 204 valence electrons. The first kappa shape index (κ1) is 26.9. The lowest BCUT2D eigenvalue weighted by Gasteiger charge is -2.23. The summed E-state index contributed by atoms with van der Waals surface area (Å²) in [6.07, 6.45) is 4.44. The molecule has 1 aliphatic heterocycles. The van der Waals surface area contributed by atoms with Crippen LogP contribution >= 0.6 is 23.5 Å². The summed E-state index contributed by atoms with van der Waals surface area (Å²) in [5.74, 6) is -1.38. The molecule has 0 unspecified atom stereocenters. The number of rotatable bonds is 7. The highest BCUT2D eigenvalue weighted by molar-refractivity contribution is 7.99. The van der Waals surface area contributed by atoms with Gasteiger partial charge in [-0.3, -0.25) is 9.78 Å². The highest BCUT2D eigenvalue weighted by Crippen LogP contribution is 2.47. The fraction of sp³-hybridized carbons (Fsp3) is 0.226. The smallest absolute Gasteiger partial charge is 0.309 e. The molecule has 2 aliphatic rings. The summed E-state index contributed by atoms with van der Waals surface area (Å²) < 4.78 is 48.0. The Hall–Kier alpha value is -3.27. The van der Waals surface area contributed by atoms with E-state index in [0.717, 1.165) is 33.9 Å². The van der Waals surface area contributed by atoms with E-state index < -0.39 is 24.0 Å². The molecule has 0 radical (unpaired) electrons. The summed E-state index contributed by atoms with van der Waals surface area (Å²) in [4.78, 5) is 19.5. The van der Waals surface area contributed by atoms with Crippen molar-refractivity contribution in [2.45, 2.75) is 63.4 Å². The monoisotopic (exact) mass is 579 g/mol. The average molecular weight is 580 g/mol. The second-order valence-corrected chi connectivity index (χ2v) is 12.1. The highest BCUT2D eigenvalue weighted by Gasteiger charge is 2.31. The number of fused-ring (bicyclic) bond motifs is 1. The Labute approximate surface area is 237 Å². The molecule has 4 aromatic rings. The number of benzene rings is 3. The van der Waals surface area contributed by atoms with Crippen molar-refractivity contribution >= 4 is 46.5 Å². The second-order valence-electron chi connectivity index (χ2n) is 9.91. The first-order valence-corrected chi connectivity index (χ1v) is 14.6. The van der Waals surface area contributed by atoms with E-state index in [1.165, 1.54) is 53.9 Å². The molecule has 0 amide bonds. The molecule has 9 heteroatoms. The number of halogens is 3. The lowest BCUT2D eigenvalue weighted by Crippen LogP contribution is -2.31. The van der Waals surface area contributed by atoms with Crippen LogP contribution in [0.25, 0.3) is 17.0 Å². The van der Waals surface area contributed by atoms with E-state index in [9.17, 15) is 18.7 Å². The standard InChI is InChI=1S/C31H24F3NO3S2/c32-18-3-8-22(9-4-18)39-28-16-27-25(15-26(28)34)31(40-23-10-5-19(33)6-11-23)24(30(35-27)17-1-2-17)12-7-21-13-20(36)14-29(37)38-21/h3-12,15-17,20-21,36H,1-2,13-14H2/b12-7+/t20-,21-/m1/s1. The molecule has 1 aliphatic carbocycles. The molecule has 1 aromatic heterocycles. The van der Waals surface area contributed by atoms with Gasteiger partial charge in [0.05, 0.1) is 28.6 Å². The maximum Gasteiger partial charge on any atom is 0.309 e. The SMILES string of the molecule is O=C1C[C@H](O)C[C@@H](/C=C/c2c(C3CC3)nc3cc(Sc4ccc(F)cc4)c(F)cc3c2Sc2ccc(F)cc2)O1. The molecule has 3 aromatic carbocycles. The third-order valence-corrected chi connectivity index (χ3v) is 8.95. The molecule has 4 nitrogen and oxygen atoms in total. The van der Waals surface area contributed by atoms with Crippen LogP contribution in [-0.2, 0) is 9.53 Å². The molecule has 6 rings (SSSR count). The van der Waals surface area contributed by atoms with Gasteiger partial charge in [-0.15, -0.1) is 0 Å². The van der Waals surface area contributed by atoms with E-state index in [-0.39, 0.29) is 24.0 Å². The Bertz CT molecular complexity index is 1610. The summed E-state index contributed by atoms with van der Waals surface area (Å²) in [6, 6.07) is 15.2. The third-order valence-electron chi connectivity index (χ3n) is 6.76. The van der Waals surface area contributed by atoms with Crippen LogP contribution in [0.15, 0.2) is 86.3 Å². The second kappa shape index (κ2) is 11.3. The fourth-order valence-electron chi connectivity index (χ4n) is 4.67. The van der Waals surface area contributed by atoms with Crippen molar-refractivity contribution in [3.63, 3.8) is 0 Å². The highest BCUT2D eigenvalue weighted by atomic mass is 32.2. The molecule has 0 spiro atoms. The number of pyridine rings is 1. The van der Waals surface area contributed by atoms with Crippen molar-refractivity contribution in [2.75, 3.05) is 0 Å². The lowest BCUT2D eigenvalue weighted by atomic mass is 10.0. The third kappa shape index (κ3) is 6.06. The van der Waals surface area contributed by atoms with Crippen molar-refractivity contribution in [1.82, 2.24) is 4.98 Å². The van der Waals surface area contributed by atoms with Crippen LogP contribution < -0.4 is 0 Å². The van der Waals surface area contributed by atoms with Gasteiger partial charge in [-0.1, -0.05) is 29.6 Å². The number of cyclic esters (lactones) is 1. The Balaban J connectivity index is 1.47. The molecule has 1 saturated heterocycles. The summed E-state index contributed by atoms with van der Waals surface area (Å²) in [5, 5.41) is 10.6. The summed E-state index contributed by atoms with van der Waals surface area (Å²) in [7, 11) is 0. The van der Waals surface area contributed by atoms with Crippen molar-refractivity contribution < 1.29 is 27.8 Å². The number of carbonyl (C=O) groups excluding carboxylic acids is 1. The van der Waals surface area contributed by atoms with Crippen molar-refractivity contribution in [3.8, 4) is 0 Å². The van der Waals surface area contributed by atoms with E-state index in [1.54, 1.807) is 36.4 Å². The minimum atomic E-state index is -0.771. The van der Waals surface area contributed by atoms with E-state index in [0.29, 0.717) is 27.1 Å². The van der Waals surface area contributed by atoms with E-state index in [2.05, 4.69) is 0 Å². The zero-order valence-electron chi connectivity index (χ0n) is 21.1. The molecular formula is C31H24F3NO3S2. The van der Waals surface area contributed by atoms with Gasteiger partial charge in [-0.2, -0.15) is 0 Å². The van der Waals surface area contributed by atoms with Gasteiger partial charge in [0.2, 0.25) is 0 Å². The number of aliphatic hydroxyl groups excluding tert-OH is 1. The normalized spacial score (nSPS) is 19.4. The molecule has 2 atom stereocenters. The molecule has 2 fully saturated rings. The van der Waals surface area contributed by atoms with Gasteiger partial charge in [0.15, 0.2) is 0 Å². The Morgan fingerprint density at radius 2 is 1.57 bits per heavy atom. The van der Waals surface area contributed by atoms with E-state index >= 15 is 4.39 Å². The van der Waals surface area contributed by atoms with Crippen LogP contribution in [-0.4, -0.2) is 28.3 Å². The minimum Gasteiger partial charge on any atom is -0.458 e. The maximum atomic E-state index is 15.5. The molecule has 1 saturated carbocycles. The van der Waals surface area contributed by atoms with Crippen LogP contribution in [0, 0.1) is 17.5 Å². The van der Waals surface area contributed by atoms with Crippen molar-refractivity contribution in [1.29, 1.82) is 0 Å². The molecule has 40 heavy (non-hydrogen) atoms. The van der Waals surface area contributed by atoms with Crippen molar-refractivity contribution in [2.24, 2.45) is 0 Å². The quantitative estimate of drug-likeness (QED) is 0.225. The molecule has 0 bridgehead atoms. The number of nitrogens with zero attached hydrogens (tertiary/aromatic N) is 1. The minimum absolute atomic E-state index is 0.0294. The van der Waals surface area contributed by atoms with E-state index in [4.69, 9.17) is 9.72 Å². The summed E-state index contributed by atoms with van der Waals surface area (Å²) in [5.41, 5.74) is 2.27. The molecular weight excluding hydrogens is 555 g/mol. The first-order chi connectivity index (χ1) is 19.3. The Morgan fingerprint density at radius 3 is 2.20 bits per heavy atom. The number of hydrogen-bond donors (Lipinski definition) is 1. The van der Waals surface area contributed by atoms with Crippen LogP contribution in [0.1, 0.15) is 42.9 Å². The predicted octanol–water partition coefficient (Wildman–Crippen LogP) is 7.91. The van der Waals surface area contributed by atoms with Crippen LogP contribution in [0.5, 0.6) is 0 Å². The van der Waals surface area contributed by atoms with Gasteiger partial charge in [0, 0.05) is 38.0 Å². The van der Waals surface area contributed by atoms with Crippen molar-refractivity contribution in [3.05, 3.63) is 95.4 Å². The number of ether oxygens (including phenoxy) is 1. The maximum absolute atomic E-state index is 15.5. The van der Waals surface area contributed by atoms with Gasteiger partial charge in [0.25, 0.3) is 0 Å². The largest absolute Gasteiger partial charge is 0.458 e. The summed E-state index contributed by atoms with van der Waals surface area (Å²) >= 11 is 2.59. The average Bonchev–Trinajstić information content (AvgIpc) is 3.76. The summed E-state index contributed by atoms with van der Waals surface area (Å²) in [6.45, 7) is 0. The fourth-order valence-corrected chi connectivity index (χ4v) is 6.58. The predicted molar refractivity (Wildman–Crippen MR) is 149 cm³/mol. The topological polar surface area (TPSA) is 59.4 Å². The first-order valence-electron chi connectivity index (χ1n) is 12.9. The van der Waals surface area contributed by atoms with Crippen LogP contribution in [0.3, 0.4) is 0 Å². The number of esters is 1. The zero-order chi connectivity index (χ0) is 27.8. The molecule has 1 N–H and O–H groups in total. The van der Waals surface area contributed by atoms with Gasteiger partial charge >= 0.3 is 5.97 Å². The number of carbonyl (C=O) groups is 1. The number of hydrogen-bond acceptors (Lipinski definition) is 6. The Morgan fingerprint density at radius 1 is 0.925 bits per heavy atom. The van der Waals surface area contributed by atoms with Gasteiger partial charge < -0.3 is 9.84 Å². The van der Waals surface area contributed by atoms with Gasteiger partial charge in [0.1, 0.15) is 23.6 Å². The zero-order valence-corrected chi connectivity index (χ0v) is 22.8. The van der Waals surface area contributed by atoms with E-state index in [1.807, 2.05) is 6.08 Å².